The number of terminal acetylenes is 1. The first-order valence-corrected chi connectivity index (χ1v) is 5.24. The Morgan fingerprint density at radius 3 is 2.41 bits per heavy atom. The first kappa shape index (κ1) is 13.0. The van der Waals surface area contributed by atoms with Gasteiger partial charge in [0.05, 0.1) is 17.7 Å². The van der Waals surface area contributed by atoms with Crippen molar-refractivity contribution in [1.29, 1.82) is 5.26 Å². The molecule has 1 unspecified atom stereocenters. The smallest absolute Gasteiger partial charge is 0.150 e. The highest BCUT2D eigenvalue weighted by Gasteiger charge is 2.14. The number of hydrogen-bond donors (Lipinski definition) is 1. The lowest BCUT2D eigenvalue weighted by Crippen LogP contribution is -2.18. The molecule has 0 aliphatic carbocycles. The maximum atomic E-state index is 13.5. The first-order chi connectivity index (χ1) is 8.12. The van der Waals surface area contributed by atoms with Gasteiger partial charge in [0.1, 0.15) is 5.69 Å². The van der Waals surface area contributed by atoms with Gasteiger partial charge in [-0.3, -0.25) is 0 Å². The molecule has 0 aliphatic heterocycles. The van der Waals surface area contributed by atoms with Gasteiger partial charge in [0.25, 0.3) is 0 Å². The van der Waals surface area contributed by atoms with Crippen molar-refractivity contribution in [2.24, 2.45) is 0 Å². The Hall–Kier alpha value is -2.07. The number of halogens is 2. The van der Waals surface area contributed by atoms with Crippen LogP contribution in [0.3, 0.4) is 0 Å². The maximum absolute atomic E-state index is 13.5. The Balaban J connectivity index is 3.00. The van der Waals surface area contributed by atoms with Crippen LogP contribution in [0.15, 0.2) is 12.1 Å². The lowest BCUT2D eigenvalue weighted by molar-refractivity contribution is 0.583. The normalized spacial score (nSPS) is 11.4. The average Bonchev–Trinajstić information content (AvgIpc) is 2.31. The van der Waals surface area contributed by atoms with Crippen LogP contribution in [-0.2, 0) is 0 Å². The van der Waals surface area contributed by atoms with Gasteiger partial charge in [-0.25, -0.2) is 8.78 Å². The minimum atomic E-state index is -0.807. The summed E-state index contributed by atoms with van der Waals surface area (Å²) in [5.74, 6) is 0.810. The summed E-state index contributed by atoms with van der Waals surface area (Å²) in [6.45, 7) is 1.93. The highest BCUT2D eigenvalue weighted by atomic mass is 19.1. The standard InChI is InChI=1S/C13H12F2N2/c1-3-5-10(4-2)17-13-11(14)6-9(8-16)7-12(13)15/h2,6-7,10,17H,3,5H2,1H3. The van der Waals surface area contributed by atoms with Gasteiger partial charge in [0.2, 0.25) is 0 Å². The molecule has 1 aromatic rings. The summed E-state index contributed by atoms with van der Waals surface area (Å²) >= 11 is 0. The van der Waals surface area contributed by atoms with Gasteiger partial charge in [-0.15, -0.1) is 6.42 Å². The lowest BCUT2D eigenvalue weighted by atomic mass is 10.1. The molecule has 0 saturated heterocycles. The van der Waals surface area contributed by atoms with Crippen LogP contribution >= 0.6 is 0 Å². The molecule has 0 saturated carbocycles. The number of benzene rings is 1. The van der Waals surface area contributed by atoms with Gasteiger partial charge >= 0.3 is 0 Å². The monoisotopic (exact) mass is 234 g/mol. The summed E-state index contributed by atoms with van der Waals surface area (Å²) in [5, 5.41) is 11.2. The fourth-order valence-corrected chi connectivity index (χ4v) is 1.44. The molecule has 0 fully saturated rings. The quantitative estimate of drug-likeness (QED) is 0.813. The van der Waals surface area contributed by atoms with Crippen molar-refractivity contribution in [3.05, 3.63) is 29.3 Å². The molecule has 0 aromatic heterocycles. The third-order valence-corrected chi connectivity index (χ3v) is 2.27. The molecule has 0 bridgehead atoms. The molecule has 88 valence electrons. The molecule has 1 N–H and O–H groups in total. The van der Waals surface area contributed by atoms with E-state index in [9.17, 15) is 8.78 Å². The van der Waals surface area contributed by atoms with Crippen LogP contribution in [0.4, 0.5) is 14.5 Å². The van der Waals surface area contributed by atoms with Crippen LogP contribution < -0.4 is 5.32 Å². The Morgan fingerprint density at radius 1 is 1.41 bits per heavy atom. The third-order valence-electron chi connectivity index (χ3n) is 2.27. The number of nitrogens with zero attached hydrogens (tertiary/aromatic N) is 1. The van der Waals surface area contributed by atoms with Crippen molar-refractivity contribution < 1.29 is 8.78 Å². The van der Waals surface area contributed by atoms with Crippen molar-refractivity contribution in [2.75, 3.05) is 5.32 Å². The number of rotatable bonds is 4. The van der Waals surface area contributed by atoms with Crippen LogP contribution in [0.1, 0.15) is 25.3 Å². The fourth-order valence-electron chi connectivity index (χ4n) is 1.44. The van der Waals surface area contributed by atoms with Crippen LogP contribution in [0.25, 0.3) is 0 Å². The molecule has 0 heterocycles. The van der Waals surface area contributed by atoms with E-state index in [1.54, 1.807) is 6.07 Å². The minimum Gasteiger partial charge on any atom is -0.367 e. The predicted molar refractivity (Wildman–Crippen MR) is 62.2 cm³/mol. The van der Waals surface area contributed by atoms with Gasteiger partial charge in [-0.2, -0.15) is 5.26 Å². The summed E-state index contributed by atoms with van der Waals surface area (Å²) in [5.41, 5.74) is -0.335. The van der Waals surface area contributed by atoms with E-state index in [-0.39, 0.29) is 11.3 Å². The second-order valence-electron chi connectivity index (χ2n) is 3.58. The zero-order valence-electron chi connectivity index (χ0n) is 9.43. The Morgan fingerprint density at radius 2 is 2.00 bits per heavy atom. The molecular weight excluding hydrogens is 222 g/mol. The number of nitrogens with one attached hydrogen (secondary N) is 1. The summed E-state index contributed by atoms with van der Waals surface area (Å²) in [6, 6.07) is 3.21. The second-order valence-corrected chi connectivity index (χ2v) is 3.58. The average molecular weight is 234 g/mol. The van der Waals surface area contributed by atoms with Gasteiger partial charge in [-0.05, 0) is 18.6 Å². The largest absolute Gasteiger partial charge is 0.367 e. The van der Waals surface area contributed by atoms with Crippen molar-refractivity contribution in [1.82, 2.24) is 0 Å². The summed E-state index contributed by atoms with van der Waals surface area (Å²) in [6.07, 6.45) is 6.68. The highest BCUT2D eigenvalue weighted by molar-refractivity contribution is 5.51. The number of hydrogen-bond acceptors (Lipinski definition) is 2. The topological polar surface area (TPSA) is 35.8 Å². The molecule has 1 rings (SSSR count). The highest BCUT2D eigenvalue weighted by Crippen LogP contribution is 2.22. The molecule has 1 atom stereocenters. The Bertz CT molecular complexity index is 460. The Kier molecular flexibility index (Phi) is 4.48. The van der Waals surface area contributed by atoms with E-state index in [2.05, 4.69) is 11.2 Å². The third kappa shape index (κ3) is 3.19. The second kappa shape index (κ2) is 5.86. The molecular formula is C13H12F2N2. The van der Waals surface area contributed by atoms with Gasteiger partial charge < -0.3 is 5.32 Å². The molecule has 0 spiro atoms. The summed E-state index contributed by atoms with van der Waals surface area (Å²) in [4.78, 5) is 0. The first-order valence-electron chi connectivity index (χ1n) is 5.24. The van der Waals surface area contributed by atoms with E-state index in [1.165, 1.54) is 0 Å². The van der Waals surface area contributed by atoms with Crippen LogP contribution in [0, 0.1) is 35.3 Å². The van der Waals surface area contributed by atoms with Crippen molar-refractivity contribution in [3.63, 3.8) is 0 Å². The molecule has 0 radical (unpaired) electrons. The van der Waals surface area contributed by atoms with E-state index in [0.717, 1.165) is 18.6 Å². The summed E-state index contributed by atoms with van der Waals surface area (Å²) in [7, 11) is 0. The van der Waals surface area contributed by atoms with Crippen LogP contribution in [-0.4, -0.2) is 6.04 Å². The van der Waals surface area contributed by atoms with Crippen molar-refractivity contribution in [2.45, 2.75) is 25.8 Å². The Labute approximate surface area is 99.3 Å². The SMILES string of the molecule is C#CC(CCC)Nc1c(F)cc(C#N)cc1F. The fraction of sp³-hybridized carbons (Fsp3) is 0.308. The van der Waals surface area contributed by atoms with E-state index in [0.29, 0.717) is 6.42 Å². The number of nitriles is 1. The molecule has 17 heavy (non-hydrogen) atoms. The zero-order valence-corrected chi connectivity index (χ0v) is 9.43. The molecule has 0 amide bonds. The molecule has 4 heteroatoms. The molecule has 2 nitrogen and oxygen atoms in total. The summed E-state index contributed by atoms with van der Waals surface area (Å²) < 4.78 is 27.0. The van der Waals surface area contributed by atoms with Crippen LogP contribution in [0.2, 0.25) is 0 Å². The van der Waals surface area contributed by atoms with Gasteiger partial charge in [0.15, 0.2) is 11.6 Å². The minimum absolute atomic E-state index is 0.0571. The van der Waals surface area contributed by atoms with Crippen molar-refractivity contribution >= 4 is 5.69 Å². The maximum Gasteiger partial charge on any atom is 0.150 e. The molecule has 0 aliphatic rings. The molecule has 1 aromatic carbocycles. The van der Waals surface area contributed by atoms with E-state index < -0.39 is 17.7 Å². The van der Waals surface area contributed by atoms with Gasteiger partial charge in [-0.1, -0.05) is 19.3 Å². The van der Waals surface area contributed by atoms with Crippen LogP contribution in [0.5, 0.6) is 0 Å². The van der Waals surface area contributed by atoms with E-state index in [1.807, 2.05) is 6.92 Å². The van der Waals surface area contributed by atoms with Crippen molar-refractivity contribution in [3.8, 4) is 18.4 Å². The lowest BCUT2D eigenvalue weighted by Gasteiger charge is -2.14. The number of anilines is 1. The predicted octanol–water partition coefficient (Wildman–Crippen LogP) is 3.05. The van der Waals surface area contributed by atoms with Gasteiger partial charge in [0, 0.05) is 0 Å². The van der Waals surface area contributed by atoms with E-state index >= 15 is 0 Å². The zero-order chi connectivity index (χ0) is 12.8. The van der Waals surface area contributed by atoms with E-state index in [4.69, 9.17) is 11.7 Å².